The Morgan fingerprint density at radius 3 is 2.29 bits per heavy atom. The highest BCUT2D eigenvalue weighted by atomic mass is 33.1. The summed E-state index contributed by atoms with van der Waals surface area (Å²) in [5.74, 6) is 0.721. The van der Waals surface area contributed by atoms with Crippen LogP contribution in [0.3, 0.4) is 0 Å². The third-order valence-electron chi connectivity index (χ3n) is 0.401. The minimum atomic E-state index is -2.19. The molecule has 0 bridgehead atoms. The van der Waals surface area contributed by atoms with E-state index in [-0.39, 0.29) is 0 Å². The van der Waals surface area contributed by atoms with E-state index < -0.39 is 9.74 Å². The topological polar surface area (TPSA) is 34.1 Å². The summed E-state index contributed by atoms with van der Waals surface area (Å²) in [4.78, 5) is 0. The molecular weight excluding hydrogens is 132 g/mol. The van der Waals surface area contributed by atoms with Gasteiger partial charge in [0, 0.05) is 5.75 Å². The first-order valence-corrected chi connectivity index (χ1v) is 4.81. The van der Waals surface area contributed by atoms with Crippen LogP contribution in [0.5, 0.6) is 0 Å². The number of hydrogen-bond acceptors (Lipinski definition) is 3. The highest BCUT2D eigenvalue weighted by Gasteiger charge is 1.81. The Morgan fingerprint density at radius 2 is 2.14 bits per heavy atom. The van der Waals surface area contributed by atoms with Crippen molar-refractivity contribution in [1.29, 1.82) is 0 Å². The lowest BCUT2D eigenvalue weighted by Gasteiger charge is -1.80. The maximum Gasteiger partial charge on any atom is 0.191 e. The lowest BCUT2D eigenvalue weighted by Crippen LogP contribution is -1.71. The molecule has 0 saturated heterocycles. The SMILES string of the molecule is CCCS[SH](=O)=O. The number of hydrogen-bond donors (Lipinski definition) is 1. The molecule has 0 aromatic heterocycles. The molecule has 0 fully saturated rings. The summed E-state index contributed by atoms with van der Waals surface area (Å²) in [6.07, 6.45) is 0.925. The zero-order valence-electron chi connectivity index (χ0n) is 4.09. The van der Waals surface area contributed by atoms with Crippen LogP contribution in [0.25, 0.3) is 0 Å². The Morgan fingerprint density at radius 1 is 1.57 bits per heavy atom. The maximum atomic E-state index is 9.76. The fraction of sp³-hybridized carbons (Fsp3) is 1.00. The molecule has 0 saturated carbocycles. The molecular formula is C3H8O2S2. The molecule has 0 aliphatic rings. The standard InChI is InChI=1S/C3H8O2S2/c1-2-3-6-7(4)5/h7H,2-3H2,1H3. The average molecular weight is 140 g/mol. The van der Waals surface area contributed by atoms with E-state index >= 15 is 0 Å². The normalized spacial score (nSPS) is 10.0. The van der Waals surface area contributed by atoms with Crippen LogP contribution < -0.4 is 0 Å². The van der Waals surface area contributed by atoms with Gasteiger partial charge in [0.25, 0.3) is 0 Å². The molecule has 0 radical (unpaired) electrons. The fourth-order valence-corrected chi connectivity index (χ4v) is 1.49. The zero-order chi connectivity index (χ0) is 5.70. The van der Waals surface area contributed by atoms with Gasteiger partial charge in [0.1, 0.15) is 0 Å². The van der Waals surface area contributed by atoms with Crippen LogP contribution in [-0.2, 0) is 9.74 Å². The summed E-state index contributed by atoms with van der Waals surface area (Å²) < 4.78 is 19.5. The van der Waals surface area contributed by atoms with Gasteiger partial charge < -0.3 is 0 Å². The molecule has 0 N–H and O–H groups in total. The molecule has 0 aromatic rings. The molecule has 2 nitrogen and oxygen atoms in total. The first-order valence-electron chi connectivity index (χ1n) is 2.04. The molecule has 0 atom stereocenters. The lowest BCUT2D eigenvalue weighted by molar-refractivity contribution is 0.626. The van der Waals surface area contributed by atoms with Crippen molar-refractivity contribution < 1.29 is 8.42 Å². The smallest absolute Gasteiger partial charge is 0.191 e. The number of rotatable bonds is 3. The predicted octanol–water partition coefficient (Wildman–Crippen LogP) is 0.656. The van der Waals surface area contributed by atoms with Gasteiger partial charge in [0.15, 0.2) is 9.74 Å². The quantitative estimate of drug-likeness (QED) is 0.462. The Bertz CT molecular complexity index is 89.1. The van der Waals surface area contributed by atoms with Gasteiger partial charge in [0.05, 0.1) is 0 Å². The average Bonchev–Trinajstić information content (AvgIpc) is 1.61. The predicted molar refractivity (Wildman–Crippen MR) is 33.1 cm³/mol. The summed E-state index contributed by atoms with van der Waals surface area (Å²) in [5.41, 5.74) is 0. The van der Waals surface area contributed by atoms with E-state index in [1.54, 1.807) is 0 Å². The minimum Gasteiger partial charge on any atom is -0.221 e. The highest BCUT2D eigenvalue weighted by Crippen LogP contribution is 1.99. The second kappa shape index (κ2) is 4.46. The zero-order valence-corrected chi connectivity index (χ0v) is 5.80. The van der Waals surface area contributed by atoms with Gasteiger partial charge in [-0.05, 0) is 17.2 Å². The summed E-state index contributed by atoms with van der Waals surface area (Å²) in [6, 6.07) is 0. The third-order valence-corrected chi connectivity index (χ3v) is 2.38. The van der Waals surface area contributed by atoms with Gasteiger partial charge >= 0.3 is 0 Å². The van der Waals surface area contributed by atoms with Gasteiger partial charge in [-0.25, -0.2) is 8.42 Å². The van der Waals surface area contributed by atoms with E-state index in [1.807, 2.05) is 6.92 Å². The Hall–Kier alpha value is 0.300. The van der Waals surface area contributed by atoms with Crippen LogP contribution in [0, 0.1) is 0 Å². The van der Waals surface area contributed by atoms with Gasteiger partial charge in [-0.15, -0.1) is 0 Å². The van der Waals surface area contributed by atoms with Crippen LogP contribution in [0.4, 0.5) is 0 Å². The summed E-state index contributed by atoms with van der Waals surface area (Å²) >= 11 is 0. The number of thiol groups is 1. The highest BCUT2D eigenvalue weighted by molar-refractivity contribution is 8.64. The van der Waals surface area contributed by atoms with Crippen LogP contribution in [0.2, 0.25) is 0 Å². The maximum absolute atomic E-state index is 9.76. The largest absolute Gasteiger partial charge is 0.221 e. The van der Waals surface area contributed by atoms with E-state index in [2.05, 4.69) is 0 Å². The molecule has 0 spiro atoms. The van der Waals surface area contributed by atoms with Crippen molar-refractivity contribution in [2.45, 2.75) is 13.3 Å². The molecule has 0 heterocycles. The Kier molecular flexibility index (Phi) is 4.65. The molecule has 0 unspecified atom stereocenters. The van der Waals surface area contributed by atoms with E-state index in [0.717, 1.165) is 23.0 Å². The van der Waals surface area contributed by atoms with E-state index in [4.69, 9.17) is 0 Å². The van der Waals surface area contributed by atoms with Crippen molar-refractivity contribution in [3.05, 3.63) is 0 Å². The van der Waals surface area contributed by atoms with Gasteiger partial charge in [0.2, 0.25) is 0 Å². The van der Waals surface area contributed by atoms with E-state index in [0.29, 0.717) is 0 Å². The first-order chi connectivity index (χ1) is 3.27. The third kappa shape index (κ3) is 6.30. The molecule has 44 valence electrons. The molecule has 0 aromatic carbocycles. The monoisotopic (exact) mass is 140 g/mol. The summed E-state index contributed by atoms with van der Waals surface area (Å²) in [6.45, 7) is 1.95. The molecule has 0 rings (SSSR count). The van der Waals surface area contributed by atoms with E-state index in [1.165, 1.54) is 0 Å². The second-order valence-corrected chi connectivity index (χ2v) is 3.84. The van der Waals surface area contributed by atoms with Crippen LogP contribution in [-0.4, -0.2) is 14.2 Å². The molecule has 4 heteroatoms. The Labute approximate surface area is 48.6 Å². The van der Waals surface area contributed by atoms with Gasteiger partial charge in [-0.1, -0.05) is 6.92 Å². The van der Waals surface area contributed by atoms with E-state index in [9.17, 15) is 8.42 Å². The second-order valence-electron chi connectivity index (χ2n) is 1.06. The van der Waals surface area contributed by atoms with Crippen molar-refractivity contribution in [3.63, 3.8) is 0 Å². The van der Waals surface area contributed by atoms with Crippen molar-refractivity contribution >= 4 is 20.5 Å². The van der Waals surface area contributed by atoms with Crippen molar-refractivity contribution in [1.82, 2.24) is 0 Å². The molecule has 0 aliphatic heterocycles. The van der Waals surface area contributed by atoms with Crippen molar-refractivity contribution in [2.75, 3.05) is 5.75 Å². The Balaban J connectivity index is 2.98. The van der Waals surface area contributed by atoms with Gasteiger partial charge in [-0.3, -0.25) is 0 Å². The van der Waals surface area contributed by atoms with Crippen molar-refractivity contribution in [3.8, 4) is 0 Å². The lowest BCUT2D eigenvalue weighted by atomic mass is 10.6. The fourth-order valence-electron chi connectivity index (χ4n) is 0.166. The summed E-state index contributed by atoms with van der Waals surface area (Å²) in [5, 5.41) is 0. The minimum absolute atomic E-state index is 0.721. The van der Waals surface area contributed by atoms with Crippen LogP contribution >= 0.6 is 10.8 Å². The molecule has 7 heavy (non-hydrogen) atoms. The molecule has 0 aliphatic carbocycles. The van der Waals surface area contributed by atoms with Crippen molar-refractivity contribution in [2.24, 2.45) is 0 Å². The first kappa shape index (κ1) is 7.30. The molecule has 0 amide bonds. The summed E-state index contributed by atoms with van der Waals surface area (Å²) in [7, 11) is -1.20. The van der Waals surface area contributed by atoms with Gasteiger partial charge in [-0.2, -0.15) is 0 Å². The van der Waals surface area contributed by atoms with Crippen LogP contribution in [0.1, 0.15) is 13.3 Å². The van der Waals surface area contributed by atoms with Crippen LogP contribution in [0.15, 0.2) is 0 Å².